The fourth-order valence-corrected chi connectivity index (χ4v) is 4.43. The van der Waals surface area contributed by atoms with E-state index in [4.69, 9.17) is 47.0 Å². The van der Waals surface area contributed by atoms with Gasteiger partial charge >= 0.3 is 0 Å². The van der Waals surface area contributed by atoms with E-state index in [1.54, 1.807) is 6.07 Å². The summed E-state index contributed by atoms with van der Waals surface area (Å²) < 4.78 is 2.23. The molecule has 1 aliphatic rings. The summed E-state index contributed by atoms with van der Waals surface area (Å²) in [6.07, 6.45) is 2.08. The Labute approximate surface area is 178 Å². The molecule has 0 bridgehead atoms. The van der Waals surface area contributed by atoms with Gasteiger partial charge in [0.05, 0.1) is 6.04 Å². The molecular weight excluding hydrogens is 421 g/mol. The fourth-order valence-electron chi connectivity index (χ4n) is 3.41. The minimum atomic E-state index is -0.0994. The van der Waals surface area contributed by atoms with Crippen LogP contribution >= 0.6 is 47.0 Å². The predicted octanol–water partition coefficient (Wildman–Crippen LogP) is 6.25. The first-order valence-corrected chi connectivity index (χ1v) is 10.0. The van der Waals surface area contributed by atoms with Gasteiger partial charge in [0.15, 0.2) is 5.11 Å². The van der Waals surface area contributed by atoms with Gasteiger partial charge in [0.1, 0.15) is 0 Å². The van der Waals surface area contributed by atoms with Crippen molar-refractivity contribution in [3.63, 3.8) is 0 Å². The Hall–Kier alpha value is -1.72. The lowest BCUT2D eigenvalue weighted by Gasteiger charge is -2.39. The molecule has 4 rings (SSSR count). The highest BCUT2D eigenvalue weighted by Gasteiger charge is 2.32. The third-order valence-electron chi connectivity index (χ3n) is 4.63. The number of rotatable bonds is 2. The van der Waals surface area contributed by atoms with Gasteiger partial charge in [-0.15, -0.1) is 0 Å². The minimum absolute atomic E-state index is 0.0994. The van der Waals surface area contributed by atoms with Crippen molar-refractivity contribution in [2.24, 2.45) is 0 Å². The Kier molecular flexibility index (Phi) is 5.33. The van der Waals surface area contributed by atoms with Gasteiger partial charge in [0.25, 0.3) is 0 Å². The van der Waals surface area contributed by atoms with Gasteiger partial charge in [-0.2, -0.15) is 0 Å². The van der Waals surface area contributed by atoms with Gasteiger partial charge in [-0.3, -0.25) is 0 Å². The second kappa shape index (κ2) is 7.72. The molecular formula is C20H16Cl3N3S. The first kappa shape index (κ1) is 18.6. The first-order chi connectivity index (χ1) is 13.0. The monoisotopic (exact) mass is 435 g/mol. The molecule has 7 heteroatoms. The quantitative estimate of drug-likeness (QED) is 0.479. The van der Waals surface area contributed by atoms with Gasteiger partial charge in [-0.1, -0.05) is 46.9 Å². The van der Waals surface area contributed by atoms with E-state index in [0.29, 0.717) is 20.2 Å². The van der Waals surface area contributed by atoms with Crippen LogP contribution in [0.2, 0.25) is 15.1 Å². The number of halogens is 3. The van der Waals surface area contributed by atoms with Crippen LogP contribution in [0, 0.1) is 0 Å². The maximum absolute atomic E-state index is 6.55. The number of aromatic nitrogens is 1. The van der Waals surface area contributed by atoms with Gasteiger partial charge in [0, 0.05) is 45.7 Å². The SMILES string of the molecule is S=C(Nc1cccc(Cl)c1)N1CCn2cccc2C1c1ccc(Cl)cc1Cl. The molecule has 0 amide bonds. The zero-order chi connectivity index (χ0) is 19.0. The lowest BCUT2D eigenvalue weighted by Crippen LogP contribution is -2.44. The maximum Gasteiger partial charge on any atom is 0.174 e. The molecule has 2 aromatic carbocycles. The summed E-state index contributed by atoms with van der Waals surface area (Å²) in [5.74, 6) is 0. The molecule has 0 saturated carbocycles. The molecule has 0 fully saturated rings. The van der Waals surface area contributed by atoms with Crippen molar-refractivity contribution in [3.8, 4) is 0 Å². The Morgan fingerprint density at radius 2 is 1.78 bits per heavy atom. The highest BCUT2D eigenvalue weighted by atomic mass is 35.5. The molecule has 1 N–H and O–H groups in total. The second-order valence-electron chi connectivity index (χ2n) is 6.33. The lowest BCUT2D eigenvalue weighted by molar-refractivity contribution is 0.293. The van der Waals surface area contributed by atoms with E-state index < -0.39 is 0 Å². The topological polar surface area (TPSA) is 20.2 Å². The summed E-state index contributed by atoms with van der Waals surface area (Å²) in [5, 5.41) is 5.82. The van der Waals surface area contributed by atoms with E-state index >= 15 is 0 Å². The summed E-state index contributed by atoms with van der Waals surface area (Å²) in [5.41, 5.74) is 2.96. The number of nitrogens with zero attached hydrogens (tertiary/aromatic N) is 2. The van der Waals surface area contributed by atoms with Crippen molar-refractivity contribution in [2.75, 3.05) is 11.9 Å². The van der Waals surface area contributed by atoms with Crippen molar-refractivity contribution < 1.29 is 0 Å². The average molecular weight is 437 g/mol. The van der Waals surface area contributed by atoms with E-state index in [1.807, 2.05) is 42.5 Å². The molecule has 1 unspecified atom stereocenters. The minimum Gasteiger partial charge on any atom is -0.348 e. The number of fused-ring (bicyclic) bond motifs is 1. The van der Waals surface area contributed by atoms with E-state index in [1.165, 1.54) is 0 Å². The number of thiocarbonyl (C=S) groups is 1. The van der Waals surface area contributed by atoms with Crippen molar-refractivity contribution in [1.82, 2.24) is 9.47 Å². The summed E-state index contributed by atoms with van der Waals surface area (Å²) in [6.45, 7) is 1.61. The number of hydrogen-bond acceptors (Lipinski definition) is 1. The third-order valence-corrected chi connectivity index (χ3v) is 5.77. The van der Waals surface area contributed by atoms with E-state index in [0.717, 1.165) is 30.0 Å². The van der Waals surface area contributed by atoms with Crippen LogP contribution in [0.15, 0.2) is 60.8 Å². The molecule has 0 saturated heterocycles. The van der Waals surface area contributed by atoms with Crippen LogP contribution in [0.25, 0.3) is 0 Å². The third kappa shape index (κ3) is 3.81. The fraction of sp³-hybridized carbons (Fsp3) is 0.150. The first-order valence-electron chi connectivity index (χ1n) is 8.46. The van der Waals surface area contributed by atoms with Crippen LogP contribution in [-0.2, 0) is 6.54 Å². The van der Waals surface area contributed by atoms with Crippen LogP contribution in [0.1, 0.15) is 17.3 Å². The largest absolute Gasteiger partial charge is 0.348 e. The smallest absolute Gasteiger partial charge is 0.174 e. The van der Waals surface area contributed by atoms with Gasteiger partial charge < -0.3 is 14.8 Å². The summed E-state index contributed by atoms with van der Waals surface area (Å²) >= 11 is 24.5. The molecule has 1 aromatic heterocycles. The second-order valence-corrected chi connectivity index (χ2v) is 8.00. The highest BCUT2D eigenvalue weighted by Crippen LogP contribution is 2.37. The Morgan fingerprint density at radius 1 is 0.963 bits per heavy atom. The van der Waals surface area contributed by atoms with Crippen molar-refractivity contribution in [1.29, 1.82) is 0 Å². The zero-order valence-electron chi connectivity index (χ0n) is 14.2. The van der Waals surface area contributed by atoms with Crippen LogP contribution in [0.3, 0.4) is 0 Å². The summed E-state index contributed by atoms with van der Waals surface area (Å²) in [4.78, 5) is 2.15. The number of anilines is 1. The molecule has 0 aliphatic carbocycles. The molecule has 0 radical (unpaired) electrons. The van der Waals surface area contributed by atoms with Crippen LogP contribution in [-0.4, -0.2) is 21.1 Å². The van der Waals surface area contributed by atoms with Gasteiger partial charge in [-0.05, 0) is 60.2 Å². The molecule has 3 nitrogen and oxygen atoms in total. The van der Waals surface area contributed by atoms with Gasteiger partial charge in [-0.25, -0.2) is 0 Å². The highest BCUT2D eigenvalue weighted by molar-refractivity contribution is 7.80. The molecule has 1 aliphatic heterocycles. The Balaban J connectivity index is 1.71. The normalized spacial score (nSPS) is 16.1. The van der Waals surface area contributed by atoms with Crippen molar-refractivity contribution in [3.05, 3.63) is 87.1 Å². The number of benzene rings is 2. The number of hydrogen-bond donors (Lipinski definition) is 1. The van der Waals surface area contributed by atoms with Gasteiger partial charge in [0.2, 0.25) is 0 Å². The maximum atomic E-state index is 6.55. The molecule has 3 aromatic rings. The number of nitrogens with one attached hydrogen (secondary N) is 1. The van der Waals surface area contributed by atoms with E-state index in [2.05, 4.69) is 27.0 Å². The van der Waals surface area contributed by atoms with Crippen LogP contribution in [0.4, 0.5) is 5.69 Å². The predicted molar refractivity (Wildman–Crippen MR) is 117 cm³/mol. The van der Waals surface area contributed by atoms with Crippen LogP contribution in [0.5, 0.6) is 0 Å². The van der Waals surface area contributed by atoms with Crippen molar-refractivity contribution in [2.45, 2.75) is 12.6 Å². The Bertz CT molecular complexity index is 1000. The Morgan fingerprint density at radius 3 is 2.56 bits per heavy atom. The molecule has 0 spiro atoms. The summed E-state index contributed by atoms with van der Waals surface area (Å²) in [7, 11) is 0. The lowest BCUT2D eigenvalue weighted by atomic mass is 10.00. The molecule has 2 heterocycles. The molecule has 138 valence electrons. The van der Waals surface area contributed by atoms with E-state index in [-0.39, 0.29) is 6.04 Å². The van der Waals surface area contributed by atoms with Crippen molar-refractivity contribution >= 4 is 57.8 Å². The summed E-state index contributed by atoms with van der Waals surface area (Å²) in [6, 6.07) is 17.2. The molecule has 1 atom stereocenters. The average Bonchev–Trinajstić information content (AvgIpc) is 3.10. The van der Waals surface area contributed by atoms with E-state index in [9.17, 15) is 0 Å². The molecule has 27 heavy (non-hydrogen) atoms. The van der Waals surface area contributed by atoms with Crippen LogP contribution < -0.4 is 5.32 Å². The standard InChI is InChI=1S/C20H16Cl3N3S/c21-13-3-1-4-15(11-13)24-20(27)26-10-9-25-8-2-5-18(25)19(26)16-7-6-14(22)12-17(16)23/h1-8,11-12,19H,9-10H2,(H,24,27). The zero-order valence-corrected chi connectivity index (χ0v) is 17.3.